The third-order valence-electron chi connectivity index (χ3n) is 3.35. The molecule has 1 aromatic carbocycles. The Hall–Kier alpha value is -1.75. The molecule has 0 aromatic heterocycles. The van der Waals surface area contributed by atoms with Crippen LogP contribution in [0.1, 0.15) is 26.3 Å². The van der Waals surface area contributed by atoms with E-state index in [2.05, 4.69) is 5.32 Å². The van der Waals surface area contributed by atoms with Crippen molar-refractivity contribution in [2.24, 2.45) is 0 Å². The number of methoxy groups -OCH3 is 1. The average Bonchev–Trinajstić information content (AvgIpc) is 2.49. The number of carbonyl (C=O) groups excluding carboxylic acids is 1. The van der Waals surface area contributed by atoms with Gasteiger partial charge in [-0.2, -0.15) is 0 Å². The van der Waals surface area contributed by atoms with Crippen molar-refractivity contribution in [2.45, 2.75) is 33.4 Å². The summed E-state index contributed by atoms with van der Waals surface area (Å²) in [6.45, 7) is 7.58. The second kappa shape index (κ2) is 8.52. The molecule has 5 heteroatoms. The summed E-state index contributed by atoms with van der Waals surface area (Å²) < 4.78 is 10.9. The molecule has 0 aliphatic heterocycles. The highest BCUT2D eigenvalue weighted by molar-refractivity contribution is 5.77. The highest BCUT2D eigenvalue weighted by Crippen LogP contribution is 2.24. The van der Waals surface area contributed by atoms with Crippen LogP contribution in [0, 0.1) is 0 Å². The van der Waals surface area contributed by atoms with Crippen LogP contribution in [0.25, 0.3) is 0 Å². The molecule has 21 heavy (non-hydrogen) atoms. The van der Waals surface area contributed by atoms with E-state index in [1.807, 2.05) is 39.0 Å². The lowest BCUT2D eigenvalue weighted by molar-refractivity contribution is -0.133. The number of amides is 1. The van der Waals surface area contributed by atoms with Crippen molar-refractivity contribution in [3.63, 3.8) is 0 Å². The van der Waals surface area contributed by atoms with Gasteiger partial charge in [-0.25, -0.2) is 0 Å². The molecule has 0 saturated carbocycles. The van der Waals surface area contributed by atoms with Gasteiger partial charge in [-0.3, -0.25) is 4.79 Å². The average molecular weight is 294 g/mol. The number of carbonyl (C=O) groups is 1. The molecule has 1 N–H and O–H groups in total. The number of hydrogen-bond acceptors (Lipinski definition) is 4. The molecule has 0 bridgehead atoms. The molecule has 0 heterocycles. The van der Waals surface area contributed by atoms with Crippen LogP contribution in [0.5, 0.6) is 11.5 Å². The van der Waals surface area contributed by atoms with Gasteiger partial charge in [0.2, 0.25) is 0 Å². The van der Waals surface area contributed by atoms with Crippen LogP contribution in [0.3, 0.4) is 0 Å². The summed E-state index contributed by atoms with van der Waals surface area (Å²) >= 11 is 0. The molecule has 0 aliphatic rings. The van der Waals surface area contributed by atoms with E-state index < -0.39 is 0 Å². The van der Waals surface area contributed by atoms with Crippen LogP contribution < -0.4 is 14.8 Å². The Morgan fingerprint density at radius 1 is 1.38 bits per heavy atom. The summed E-state index contributed by atoms with van der Waals surface area (Å²) in [5, 5.41) is 3.25. The van der Waals surface area contributed by atoms with Crippen molar-refractivity contribution >= 4 is 5.91 Å². The van der Waals surface area contributed by atoms with Crippen LogP contribution in [-0.2, 0) is 11.3 Å². The Bertz CT molecular complexity index is 461. The second-order valence-corrected chi connectivity index (χ2v) is 5.14. The molecule has 118 valence electrons. The summed E-state index contributed by atoms with van der Waals surface area (Å²) in [6, 6.07) is 5.77. The van der Waals surface area contributed by atoms with Gasteiger partial charge >= 0.3 is 0 Å². The first-order valence-electron chi connectivity index (χ1n) is 7.25. The van der Waals surface area contributed by atoms with Crippen molar-refractivity contribution < 1.29 is 14.3 Å². The van der Waals surface area contributed by atoms with Crippen molar-refractivity contribution in [3.05, 3.63) is 23.8 Å². The zero-order valence-electron chi connectivity index (χ0n) is 13.6. The predicted molar refractivity (Wildman–Crippen MR) is 83.8 cm³/mol. The van der Waals surface area contributed by atoms with E-state index in [0.717, 1.165) is 17.9 Å². The van der Waals surface area contributed by atoms with Gasteiger partial charge in [0.1, 0.15) is 11.5 Å². The number of nitrogens with zero attached hydrogens (tertiary/aromatic N) is 1. The SMILES string of the molecule is CCNCc1cc(OC)ccc1OCC(=O)N(C)C(C)C. The molecule has 0 fully saturated rings. The lowest BCUT2D eigenvalue weighted by atomic mass is 10.2. The Balaban J connectivity index is 2.75. The fourth-order valence-electron chi connectivity index (χ4n) is 1.75. The van der Waals surface area contributed by atoms with Gasteiger partial charge in [0.05, 0.1) is 7.11 Å². The van der Waals surface area contributed by atoms with Crippen LogP contribution in [-0.4, -0.2) is 44.2 Å². The maximum atomic E-state index is 12.0. The van der Waals surface area contributed by atoms with Crippen molar-refractivity contribution in [2.75, 3.05) is 27.3 Å². The first-order valence-corrected chi connectivity index (χ1v) is 7.25. The minimum absolute atomic E-state index is 0.0322. The molecule has 0 saturated heterocycles. The fourth-order valence-corrected chi connectivity index (χ4v) is 1.75. The van der Waals surface area contributed by atoms with E-state index in [9.17, 15) is 4.79 Å². The van der Waals surface area contributed by atoms with Gasteiger partial charge in [0.25, 0.3) is 5.91 Å². The second-order valence-electron chi connectivity index (χ2n) is 5.14. The maximum Gasteiger partial charge on any atom is 0.260 e. The molecule has 1 aromatic rings. The van der Waals surface area contributed by atoms with Crippen LogP contribution in [0.4, 0.5) is 0 Å². The van der Waals surface area contributed by atoms with Crippen molar-refractivity contribution in [1.82, 2.24) is 10.2 Å². The van der Waals surface area contributed by atoms with E-state index in [1.54, 1.807) is 19.1 Å². The number of rotatable bonds is 8. The number of nitrogens with one attached hydrogen (secondary N) is 1. The Labute approximate surface area is 127 Å². The van der Waals surface area contributed by atoms with E-state index in [0.29, 0.717) is 12.3 Å². The standard InChI is InChI=1S/C16H26N2O3/c1-6-17-10-13-9-14(20-5)7-8-15(13)21-11-16(19)18(4)12(2)3/h7-9,12,17H,6,10-11H2,1-5H3. The highest BCUT2D eigenvalue weighted by atomic mass is 16.5. The van der Waals surface area contributed by atoms with Crippen LogP contribution in [0.15, 0.2) is 18.2 Å². The summed E-state index contributed by atoms with van der Waals surface area (Å²) in [4.78, 5) is 13.6. The summed E-state index contributed by atoms with van der Waals surface area (Å²) in [6.07, 6.45) is 0. The topological polar surface area (TPSA) is 50.8 Å². The Kier molecular flexibility index (Phi) is 7.02. The van der Waals surface area contributed by atoms with Gasteiger partial charge < -0.3 is 19.7 Å². The first-order chi connectivity index (χ1) is 9.99. The van der Waals surface area contributed by atoms with Gasteiger partial charge in [-0.05, 0) is 38.6 Å². The van der Waals surface area contributed by atoms with Crippen LogP contribution >= 0.6 is 0 Å². The largest absolute Gasteiger partial charge is 0.497 e. The predicted octanol–water partition coefficient (Wildman–Crippen LogP) is 2.05. The van der Waals surface area contributed by atoms with Gasteiger partial charge in [-0.1, -0.05) is 6.92 Å². The van der Waals surface area contributed by atoms with Crippen LogP contribution in [0.2, 0.25) is 0 Å². The smallest absolute Gasteiger partial charge is 0.260 e. The molecular formula is C16H26N2O3. The quantitative estimate of drug-likeness (QED) is 0.797. The van der Waals surface area contributed by atoms with Gasteiger partial charge in [-0.15, -0.1) is 0 Å². The lowest BCUT2D eigenvalue weighted by Gasteiger charge is -2.22. The number of ether oxygens (including phenoxy) is 2. The van der Waals surface area contributed by atoms with E-state index >= 15 is 0 Å². The number of likely N-dealkylation sites (N-methyl/N-ethyl adjacent to an activating group) is 1. The molecule has 0 radical (unpaired) electrons. The molecule has 1 amide bonds. The van der Waals surface area contributed by atoms with Crippen molar-refractivity contribution in [3.8, 4) is 11.5 Å². The molecule has 0 aliphatic carbocycles. The third kappa shape index (κ3) is 5.27. The third-order valence-corrected chi connectivity index (χ3v) is 3.35. The summed E-state index contributed by atoms with van der Waals surface area (Å²) in [7, 11) is 3.41. The van der Waals surface area contributed by atoms with Crippen molar-refractivity contribution in [1.29, 1.82) is 0 Å². The molecule has 5 nitrogen and oxygen atoms in total. The molecule has 0 unspecified atom stereocenters. The fraction of sp³-hybridized carbons (Fsp3) is 0.562. The zero-order valence-corrected chi connectivity index (χ0v) is 13.6. The first kappa shape index (κ1) is 17.3. The monoisotopic (exact) mass is 294 g/mol. The van der Waals surface area contributed by atoms with E-state index in [1.165, 1.54) is 0 Å². The molecule has 0 spiro atoms. The maximum absolute atomic E-state index is 12.0. The Morgan fingerprint density at radius 3 is 2.67 bits per heavy atom. The normalized spacial score (nSPS) is 10.6. The van der Waals surface area contributed by atoms with Gasteiger partial charge in [0.15, 0.2) is 6.61 Å². The zero-order chi connectivity index (χ0) is 15.8. The number of hydrogen-bond donors (Lipinski definition) is 1. The lowest BCUT2D eigenvalue weighted by Crippen LogP contribution is -2.36. The minimum atomic E-state index is -0.0322. The van der Waals surface area contributed by atoms with E-state index in [4.69, 9.17) is 9.47 Å². The van der Waals surface area contributed by atoms with E-state index in [-0.39, 0.29) is 18.6 Å². The Morgan fingerprint density at radius 2 is 2.10 bits per heavy atom. The minimum Gasteiger partial charge on any atom is -0.497 e. The summed E-state index contributed by atoms with van der Waals surface area (Å²) in [5.74, 6) is 1.46. The molecular weight excluding hydrogens is 268 g/mol. The molecule has 1 rings (SSSR count). The van der Waals surface area contributed by atoms with Gasteiger partial charge in [0, 0.05) is 25.2 Å². The molecule has 0 atom stereocenters. The highest BCUT2D eigenvalue weighted by Gasteiger charge is 2.14. The number of benzene rings is 1. The summed E-state index contributed by atoms with van der Waals surface area (Å²) in [5.41, 5.74) is 0.983.